The number of hydrogen-bond acceptors (Lipinski definition) is 3. The van der Waals surface area contributed by atoms with E-state index in [-0.39, 0.29) is 24.9 Å². The van der Waals surface area contributed by atoms with Crippen molar-refractivity contribution in [3.63, 3.8) is 0 Å². The van der Waals surface area contributed by atoms with Crippen LogP contribution in [0.5, 0.6) is 0 Å². The number of rotatable bonds is 7. The zero-order valence-corrected chi connectivity index (χ0v) is 13.5. The SMILES string of the molecule is O=C(CNC(=O)CC1CCCCC1)NC[C@@H](O)c1ccccc1. The van der Waals surface area contributed by atoms with Gasteiger partial charge in [-0.1, -0.05) is 49.6 Å². The number of aliphatic hydroxyl groups excluding tert-OH is 1. The Morgan fingerprint density at radius 1 is 1.04 bits per heavy atom. The van der Waals surface area contributed by atoms with Gasteiger partial charge in [-0.3, -0.25) is 9.59 Å². The van der Waals surface area contributed by atoms with Crippen LogP contribution in [-0.4, -0.2) is 30.0 Å². The predicted octanol–water partition coefficient (Wildman–Crippen LogP) is 1.92. The Bertz CT molecular complexity index is 498. The van der Waals surface area contributed by atoms with Crippen LogP contribution in [0.1, 0.15) is 50.2 Å². The first-order valence-corrected chi connectivity index (χ1v) is 8.41. The summed E-state index contributed by atoms with van der Waals surface area (Å²) < 4.78 is 0. The molecule has 0 aliphatic heterocycles. The molecule has 5 nitrogen and oxygen atoms in total. The van der Waals surface area contributed by atoms with Gasteiger partial charge in [0.05, 0.1) is 12.6 Å². The van der Waals surface area contributed by atoms with Gasteiger partial charge in [0.1, 0.15) is 0 Å². The van der Waals surface area contributed by atoms with Crippen LogP contribution in [0.4, 0.5) is 0 Å². The molecule has 1 aromatic carbocycles. The fraction of sp³-hybridized carbons (Fsp3) is 0.556. The lowest BCUT2D eigenvalue weighted by Crippen LogP contribution is -2.39. The first kappa shape index (κ1) is 17.5. The van der Waals surface area contributed by atoms with Crippen LogP contribution < -0.4 is 10.6 Å². The molecular formula is C18H26N2O3. The molecule has 0 spiro atoms. The molecular weight excluding hydrogens is 292 g/mol. The number of hydrogen-bond donors (Lipinski definition) is 3. The smallest absolute Gasteiger partial charge is 0.239 e. The molecule has 3 N–H and O–H groups in total. The molecule has 126 valence electrons. The van der Waals surface area contributed by atoms with Gasteiger partial charge in [-0.05, 0) is 24.3 Å². The highest BCUT2D eigenvalue weighted by Gasteiger charge is 2.17. The van der Waals surface area contributed by atoms with Crippen molar-refractivity contribution < 1.29 is 14.7 Å². The van der Waals surface area contributed by atoms with Crippen LogP contribution >= 0.6 is 0 Å². The molecule has 0 unspecified atom stereocenters. The average Bonchev–Trinajstić information content (AvgIpc) is 2.59. The largest absolute Gasteiger partial charge is 0.387 e. The van der Waals surface area contributed by atoms with E-state index in [2.05, 4.69) is 10.6 Å². The number of carbonyl (C=O) groups excluding carboxylic acids is 2. The highest BCUT2D eigenvalue weighted by molar-refractivity contribution is 5.84. The molecule has 1 aromatic rings. The fourth-order valence-corrected chi connectivity index (χ4v) is 2.97. The van der Waals surface area contributed by atoms with Gasteiger partial charge in [0.15, 0.2) is 0 Å². The summed E-state index contributed by atoms with van der Waals surface area (Å²) in [7, 11) is 0. The summed E-state index contributed by atoms with van der Waals surface area (Å²) in [4.78, 5) is 23.6. The highest BCUT2D eigenvalue weighted by Crippen LogP contribution is 2.25. The van der Waals surface area contributed by atoms with Crippen molar-refractivity contribution in [2.45, 2.75) is 44.6 Å². The number of carbonyl (C=O) groups is 2. The minimum absolute atomic E-state index is 0.0347. The predicted molar refractivity (Wildman–Crippen MR) is 88.6 cm³/mol. The van der Waals surface area contributed by atoms with Crippen LogP contribution in [0.15, 0.2) is 30.3 Å². The van der Waals surface area contributed by atoms with Crippen molar-refractivity contribution in [1.29, 1.82) is 0 Å². The second-order valence-electron chi connectivity index (χ2n) is 6.22. The Morgan fingerprint density at radius 2 is 1.74 bits per heavy atom. The van der Waals surface area contributed by atoms with Gasteiger partial charge in [0.2, 0.25) is 11.8 Å². The van der Waals surface area contributed by atoms with E-state index in [0.717, 1.165) is 18.4 Å². The molecule has 23 heavy (non-hydrogen) atoms. The minimum atomic E-state index is -0.738. The molecule has 1 atom stereocenters. The number of amides is 2. The van der Waals surface area contributed by atoms with Crippen molar-refractivity contribution in [3.8, 4) is 0 Å². The first-order chi connectivity index (χ1) is 11.1. The van der Waals surface area contributed by atoms with Crippen molar-refractivity contribution >= 4 is 11.8 Å². The standard InChI is InChI=1S/C18H26N2O3/c21-16(15-9-5-2-6-10-15)12-19-18(23)13-20-17(22)11-14-7-3-1-4-8-14/h2,5-6,9-10,14,16,21H,1,3-4,7-8,11-13H2,(H,19,23)(H,20,22)/t16-/m1/s1. The van der Waals surface area contributed by atoms with Gasteiger partial charge in [-0.2, -0.15) is 0 Å². The van der Waals surface area contributed by atoms with Gasteiger partial charge in [-0.15, -0.1) is 0 Å². The van der Waals surface area contributed by atoms with E-state index < -0.39 is 6.10 Å². The number of benzene rings is 1. The first-order valence-electron chi connectivity index (χ1n) is 8.41. The average molecular weight is 318 g/mol. The van der Waals surface area contributed by atoms with Gasteiger partial charge in [0, 0.05) is 13.0 Å². The maximum atomic E-state index is 11.8. The van der Waals surface area contributed by atoms with Crippen LogP contribution in [0.2, 0.25) is 0 Å². The molecule has 1 aliphatic carbocycles. The summed E-state index contributed by atoms with van der Waals surface area (Å²) >= 11 is 0. The Balaban J connectivity index is 1.61. The molecule has 0 aromatic heterocycles. The summed E-state index contributed by atoms with van der Waals surface area (Å²) in [6.45, 7) is 0.106. The molecule has 1 saturated carbocycles. The molecule has 5 heteroatoms. The monoisotopic (exact) mass is 318 g/mol. The van der Waals surface area contributed by atoms with E-state index in [0.29, 0.717) is 12.3 Å². The van der Waals surface area contributed by atoms with Gasteiger partial charge < -0.3 is 15.7 Å². The summed E-state index contributed by atoms with van der Waals surface area (Å²) in [5.74, 6) is 0.124. The normalized spacial score (nSPS) is 16.6. The van der Waals surface area contributed by atoms with E-state index in [1.54, 1.807) is 0 Å². The van der Waals surface area contributed by atoms with Gasteiger partial charge in [0.25, 0.3) is 0 Å². The molecule has 0 heterocycles. The topological polar surface area (TPSA) is 78.4 Å². The highest BCUT2D eigenvalue weighted by atomic mass is 16.3. The third kappa shape index (κ3) is 6.40. The Hall–Kier alpha value is -1.88. The second kappa shape index (κ2) is 9.30. The zero-order valence-electron chi connectivity index (χ0n) is 13.5. The number of nitrogens with one attached hydrogen (secondary N) is 2. The van der Waals surface area contributed by atoms with Crippen LogP contribution in [0.3, 0.4) is 0 Å². The molecule has 0 radical (unpaired) electrons. The fourth-order valence-electron chi connectivity index (χ4n) is 2.97. The lowest BCUT2D eigenvalue weighted by Gasteiger charge is -2.20. The summed E-state index contributed by atoms with van der Waals surface area (Å²) in [6.07, 6.45) is 5.68. The maximum absolute atomic E-state index is 11.8. The van der Waals surface area contributed by atoms with Crippen LogP contribution in [0.25, 0.3) is 0 Å². The zero-order chi connectivity index (χ0) is 16.5. The summed E-state index contributed by atoms with van der Waals surface area (Å²) in [5.41, 5.74) is 0.758. The Labute approximate surface area is 137 Å². The van der Waals surface area contributed by atoms with E-state index in [1.165, 1.54) is 19.3 Å². The summed E-state index contributed by atoms with van der Waals surface area (Å²) in [5, 5.41) is 15.3. The molecule has 2 rings (SSSR count). The van der Waals surface area contributed by atoms with Crippen LogP contribution in [0, 0.1) is 5.92 Å². The lowest BCUT2D eigenvalue weighted by molar-refractivity contribution is -0.127. The van der Waals surface area contributed by atoms with Crippen LogP contribution in [-0.2, 0) is 9.59 Å². The van der Waals surface area contributed by atoms with Crippen molar-refractivity contribution in [2.24, 2.45) is 5.92 Å². The van der Waals surface area contributed by atoms with Crippen molar-refractivity contribution in [2.75, 3.05) is 13.1 Å². The van der Waals surface area contributed by atoms with Gasteiger partial charge >= 0.3 is 0 Å². The minimum Gasteiger partial charge on any atom is -0.387 e. The lowest BCUT2D eigenvalue weighted by atomic mass is 9.87. The van der Waals surface area contributed by atoms with E-state index in [1.807, 2.05) is 30.3 Å². The Kier molecular flexibility index (Phi) is 7.07. The molecule has 1 aliphatic rings. The van der Waals surface area contributed by atoms with E-state index in [9.17, 15) is 14.7 Å². The third-order valence-corrected chi connectivity index (χ3v) is 4.32. The second-order valence-corrected chi connectivity index (χ2v) is 6.22. The maximum Gasteiger partial charge on any atom is 0.239 e. The Morgan fingerprint density at radius 3 is 2.43 bits per heavy atom. The molecule has 0 saturated heterocycles. The van der Waals surface area contributed by atoms with Gasteiger partial charge in [-0.25, -0.2) is 0 Å². The quantitative estimate of drug-likeness (QED) is 0.719. The van der Waals surface area contributed by atoms with E-state index >= 15 is 0 Å². The van der Waals surface area contributed by atoms with E-state index in [4.69, 9.17) is 0 Å². The van der Waals surface area contributed by atoms with Crippen molar-refractivity contribution in [3.05, 3.63) is 35.9 Å². The molecule has 0 bridgehead atoms. The molecule has 2 amide bonds. The number of aliphatic hydroxyl groups is 1. The van der Waals surface area contributed by atoms with Crippen molar-refractivity contribution in [1.82, 2.24) is 10.6 Å². The molecule has 1 fully saturated rings. The summed E-state index contributed by atoms with van der Waals surface area (Å²) in [6, 6.07) is 9.17. The third-order valence-electron chi connectivity index (χ3n) is 4.32.